The van der Waals surface area contributed by atoms with Gasteiger partial charge in [-0.2, -0.15) is 0 Å². The maximum absolute atomic E-state index is 2.47. The van der Waals surface area contributed by atoms with Crippen molar-refractivity contribution in [2.75, 3.05) is 0 Å². The molecule has 0 nitrogen and oxygen atoms in total. The summed E-state index contributed by atoms with van der Waals surface area (Å²) in [6.07, 6.45) is 1.34. The van der Waals surface area contributed by atoms with Gasteiger partial charge in [-0.25, -0.2) is 0 Å². The van der Waals surface area contributed by atoms with Crippen LogP contribution in [0.25, 0.3) is 0 Å². The van der Waals surface area contributed by atoms with Crippen LogP contribution in [-0.4, -0.2) is 0 Å². The van der Waals surface area contributed by atoms with E-state index in [-0.39, 0.29) is 0 Å². The van der Waals surface area contributed by atoms with Gasteiger partial charge in [0.1, 0.15) is 0 Å². The molecule has 0 aliphatic heterocycles. The number of rotatable bonds is 1. The van der Waals surface area contributed by atoms with E-state index >= 15 is 0 Å². The Bertz CT molecular complexity index is 145. The molecule has 1 rings (SSSR count). The number of hydrogen-bond donors (Lipinski definition) is 0. The first kappa shape index (κ1) is 10.1. The minimum Gasteiger partial charge on any atom is -0.0648 e. The molecule has 5 atom stereocenters. The summed E-state index contributed by atoms with van der Waals surface area (Å²) in [5, 5.41) is 0. The highest BCUT2D eigenvalue weighted by Gasteiger charge is 2.48. The third-order valence-corrected chi connectivity index (χ3v) is 5.25. The average Bonchev–Trinajstić information content (AvgIpc) is 2.22. The highest BCUT2D eigenvalue weighted by Crippen LogP contribution is 2.55. The van der Waals surface area contributed by atoms with Crippen LogP contribution in [0, 0.1) is 29.1 Å². The van der Waals surface area contributed by atoms with Crippen LogP contribution in [0.1, 0.15) is 48.0 Å². The molecule has 0 amide bonds. The molecule has 0 heteroatoms. The summed E-state index contributed by atoms with van der Waals surface area (Å²) in [5.41, 5.74) is 0.596. The molecule has 0 aromatic heterocycles. The lowest BCUT2D eigenvalue weighted by molar-refractivity contribution is 0.156. The maximum atomic E-state index is 2.47. The molecule has 1 fully saturated rings. The van der Waals surface area contributed by atoms with Gasteiger partial charge >= 0.3 is 0 Å². The van der Waals surface area contributed by atoms with E-state index in [4.69, 9.17) is 0 Å². The lowest BCUT2D eigenvalue weighted by atomic mass is 9.72. The van der Waals surface area contributed by atoms with E-state index in [1.165, 1.54) is 6.42 Å². The lowest BCUT2D eigenvalue weighted by Gasteiger charge is -2.33. The van der Waals surface area contributed by atoms with E-state index in [1.54, 1.807) is 0 Å². The highest BCUT2D eigenvalue weighted by molar-refractivity contribution is 4.97. The van der Waals surface area contributed by atoms with Crippen LogP contribution in [0.15, 0.2) is 0 Å². The van der Waals surface area contributed by atoms with Gasteiger partial charge in [0.25, 0.3) is 0 Å². The summed E-state index contributed by atoms with van der Waals surface area (Å²) >= 11 is 0. The molecule has 0 heterocycles. The van der Waals surface area contributed by atoms with E-state index in [2.05, 4.69) is 41.5 Å². The van der Waals surface area contributed by atoms with Crippen molar-refractivity contribution in [3.63, 3.8) is 0 Å². The van der Waals surface area contributed by atoms with Gasteiger partial charge in [0.2, 0.25) is 0 Å². The van der Waals surface area contributed by atoms with Crippen LogP contribution < -0.4 is 0 Å². The van der Waals surface area contributed by atoms with Gasteiger partial charge in [-0.05, 0) is 29.1 Å². The van der Waals surface area contributed by atoms with Crippen molar-refractivity contribution < 1.29 is 0 Å². The molecular weight excluding hydrogens is 144 g/mol. The second-order valence-corrected chi connectivity index (χ2v) is 5.15. The Labute approximate surface area is 77.7 Å². The molecule has 0 aromatic carbocycles. The largest absolute Gasteiger partial charge is 0.0648 e. The van der Waals surface area contributed by atoms with Gasteiger partial charge in [-0.1, -0.05) is 48.0 Å². The van der Waals surface area contributed by atoms with Gasteiger partial charge in [-0.3, -0.25) is 0 Å². The first-order valence-corrected chi connectivity index (χ1v) is 5.45. The van der Waals surface area contributed by atoms with E-state index in [9.17, 15) is 0 Å². The molecule has 1 saturated carbocycles. The Morgan fingerprint density at radius 2 is 1.25 bits per heavy atom. The van der Waals surface area contributed by atoms with Crippen molar-refractivity contribution in [2.45, 2.75) is 48.0 Å². The third-order valence-electron chi connectivity index (χ3n) is 5.25. The predicted molar refractivity (Wildman–Crippen MR) is 55.1 cm³/mol. The van der Waals surface area contributed by atoms with E-state index in [0.29, 0.717) is 5.41 Å². The van der Waals surface area contributed by atoms with Crippen LogP contribution in [0.5, 0.6) is 0 Å². The molecule has 0 saturated heterocycles. The molecule has 0 spiro atoms. The topological polar surface area (TPSA) is 0 Å². The normalized spacial score (nSPS) is 54.5. The fourth-order valence-corrected chi connectivity index (χ4v) is 3.17. The average molecular weight is 168 g/mol. The monoisotopic (exact) mass is 168 g/mol. The van der Waals surface area contributed by atoms with Crippen molar-refractivity contribution in [1.29, 1.82) is 0 Å². The predicted octanol–water partition coefficient (Wildman–Crippen LogP) is 3.96. The molecule has 12 heavy (non-hydrogen) atoms. The van der Waals surface area contributed by atoms with Gasteiger partial charge < -0.3 is 0 Å². The van der Waals surface area contributed by atoms with E-state index in [1.807, 2.05) is 0 Å². The zero-order chi connectivity index (χ0) is 9.52. The summed E-state index contributed by atoms with van der Waals surface area (Å²) in [6, 6.07) is 0. The summed E-state index contributed by atoms with van der Waals surface area (Å²) < 4.78 is 0. The molecule has 72 valence electrons. The third kappa shape index (κ3) is 1.11. The van der Waals surface area contributed by atoms with Crippen LogP contribution in [-0.2, 0) is 0 Å². The highest BCUT2D eigenvalue weighted by atomic mass is 14.5. The Balaban J connectivity index is 2.90. The van der Waals surface area contributed by atoms with Gasteiger partial charge in [0, 0.05) is 0 Å². The first-order chi connectivity index (χ1) is 5.45. The fourth-order valence-electron chi connectivity index (χ4n) is 3.17. The maximum Gasteiger partial charge on any atom is -0.0272 e. The smallest absolute Gasteiger partial charge is 0.0272 e. The Hall–Kier alpha value is 0. The quantitative estimate of drug-likeness (QED) is 0.556. The zero-order valence-corrected chi connectivity index (χ0v) is 9.52. The molecule has 0 aromatic rings. The number of hydrogen-bond acceptors (Lipinski definition) is 0. The van der Waals surface area contributed by atoms with E-state index in [0.717, 1.165) is 23.7 Å². The SMILES string of the molecule is CCC1(C)C(C)C(C)[C@H](C)C1C. The molecule has 0 radical (unpaired) electrons. The Morgan fingerprint density at radius 1 is 0.917 bits per heavy atom. The minimum absolute atomic E-state index is 0.596. The standard InChI is InChI=1S/C12H24/c1-7-12(6)10(4)8(2)9(3)11(12)5/h8-11H,7H2,1-6H3/t8-,9?,10?,11?,12?/m0/s1. The second-order valence-electron chi connectivity index (χ2n) is 5.15. The minimum atomic E-state index is 0.596. The second kappa shape index (κ2) is 3.05. The van der Waals surface area contributed by atoms with Crippen LogP contribution in [0.3, 0.4) is 0 Å². The summed E-state index contributed by atoms with van der Waals surface area (Å²) in [5.74, 6) is 3.61. The summed E-state index contributed by atoms with van der Waals surface area (Å²) in [4.78, 5) is 0. The Morgan fingerprint density at radius 3 is 1.42 bits per heavy atom. The molecular formula is C12H24. The van der Waals surface area contributed by atoms with Crippen molar-refractivity contribution >= 4 is 0 Å². The van der Waals surface area contributed by atoms with Gasteiger partial charge in [-0.15, -0.1) is 0 Å². The molecule has 1 aliphatic carbocycles. The fraction of sp³-hybridized carbons (Fsp3) is 1.00. The lowest BCUT2D eigenvalue weighted by Crippen LogP contribution is -2.26. The van der Waals surface area contributed by atoms with Gasteiger partial charge in [0.15, 0.2) is 0 Å². The molecule has 0 N–H and O–H groups in total. The van der Waals surface area contributed by atoms with Crippen molar-refractivity contribution in [2.24, 2.45) is 29.1 Å². The van der Waals surface area contributed by atoms with Crippen molar-refractivity contribution in [1.82, 2.24) is 0 Å². The van der Waals surface area contributed by atoms with Crippen molar-refractivity contribution in [3.8, 4) is 0 Å². The zero-order valence-electron chi connectivity index (χ0n) is 9.52. The first-order valence-electron chi connectivity index (χ1n) is 5.45. The van der Waals surface area contributed by atoms with E-state index < -0.39 is 0 Å². The summed E-state index contributed by atoms with van der Waals surface area (Å²) in [7, 11) is 0. The van der Waals surface area contributed by atoms with Gasteiger partial charge in [0.05, 0.1) is 0 Å². The molecule has 1 aliphatic rings. The Kier molecular flexibility index (Phi) is 2.56. The van der Waals surface area contributed by atoms with Crippen LogP contribution in [0.2, 0.25) is 0 Å². The van der Waals surface area contributed by atoms with Crippen LogP contribution in [0.4, 0.5) is 0 Å². The molecule has 4 unspecified atom stereocenters. The van der Waals surface area contributed by atoms with Crippen molar-refractivity contribution in [3.05, 3.63) is 0 Å². The van der Waals surface area contributed by atoms with Crippen LogP contribution >= 0.6 is 0 Å². The summed E-state index contributed by atoms with van der Waals surface area (Å²) in [6.45, 7) is 14.5. The molecule has 0 bridgehead atoms.